The second-order valence-electron chi connectivity index (χ2n) is 15.1. The molecule has 0 fully saturated rings. The normalized spacial score (nSPS) is 12.1. The first-order chi connectivity index (χ1) is 22.6. The van der Waals surface area contributed by atoms with Gasteiger partial charge in [0.1, 0.15) is 0 Å². The Balaban J connectivity index is 3.68. The molecule has 0 rings (SSSR count). The van der Waals surface area contributed by atoms with Crippen molar-refractivity contribution < 1.29 is 9.53 Å². The van der Waals surface area contributed by atoms with E-state index in [1.54, 1.807) is 6.92 Å². The van der Waals surface area contributed by atoms with Gasteiger partial charge in [-0.25, -0.2) is 4.79 Å². The molecule has 0 radical (unpaired) electrons. The molecule has 46 heavy (non-hydrogen) atoms. The van der Waals surface area contributed by atoms with E-state index < -0.39 is 0 Å². The molecule has 2 nitrogen and oxygen atoms in total. The molecule has 0 aromatic heterocycles. The lowest BCUT2D eigenvalue weighted by atomic mass is 9.94. The van der Waals surface area contributed by atoms with Crippen molar-refractivity contribution in [2.45, 2.75) is 252 Å². The van der Waals surface area contributed by atoms with E-state index in [1.165, 1.54) is 231 Å². The molecule has 1 unspecified atom stereocenters. The third kappa shape index (κ3) is 36.1. The van der Waals surface area contributed by atoms with E-state index in [-0.39, 0.29) is 5.97 Å². The van der Waals surface area contributed by atoms with Crippen molar-refractivity contribution in [1.29, 1.82) is 0 Å². The molecule has 0 aromatic carbocycles. The molecule has 0 aliphatic heterocycles. The van der Waals surface area contributed by atoms with Crippen LogP contribution >= 0.6 is 0 Å². The summed E-state index contributed by atoms with van der Waals surface area (Å²) >= 11 is 0. The third-order valence-electron chi connectivity index (χ3n) is 10.2. The van der Waals surface area contributed by atoms with Crippen molar-refractivity contribution in [3.8, 4) is 0 Å². The summed E-state index contributed by atoms with van der Waals surface area (Å²) in [7, 11) is 0. The highest BCUT2D eigenvalue weighted by Crippen LogP contribution is 2.21. The number of hydrogen-bond acceptors (Lipinski definition) is 2. The molecule has 0 aliphatic rings. The lowest BCUT2D eigenvalue weighted by Crippen LogP contribution is -2.15. The first-order valence-electron chi connectivity index (χ1n) is 21.4. The fraction of sp³-hybridized carbons (Fsp3) is 0.932. The summed E-state index contributed by atoms with van der Waals surface area (Å²) in [5, 5.41) is 0. The number of unbranched alkanes of at least 4 members (excludes halogenated alkanes) is 32. The molecule has 1 atom stereocenters. The zero-order valence-corrected chi connectivity index (χ0v) is 32.3. The fourth-order valence-corrected chi connectivity index (χ4v) is 6.94. The van der Waals surface area contributed by atoms with Crippen molar-refractivity contribution in [3.63, 3.8) is 0 Å². The van der Waals surface area contributed by atoms with Crippen molar-refractivity contribution in [3.05, 3.63) is 12.2 Å². The Morgan fingerprint density at radius 3 is 0.848 bits per heavy atom. The largest absolute Gasteiger partial charge is 0.462 e. The van der Waals surface area contributed by atoms with Crippen LogP contribution in [0.25, 0.3) is 0 Å². The van der Waals surface area contributed by atoms with E-state index in [0.29, 0.717) is 18.1 Å². The summed E-state index contributed by atoms with van der Waals surface area (Å²) in [5.41, 5.74) is 0.522. The summed E-state index contributed by atoms with van der Waals surface area (Å²) in [5.74, 6) is 0.311. The first kappa shape index (κ1) is 45.2. The molecule has 274 valence electrons. The minimum atomic E-state index is -0.213. The molecule has 0 N–H and O–H groups in total. The Morgan fingerprint density at radius 2 is 0.630 bits per heavy atom. The van der Waals surface area contributed by atoms with Crippen LogP contribution in [0.4, 0.5) is 0 Å². The average Bonchev–Trinajstić information content (AvgIpc) is 3.05. The molecule has 2 heteroatoms. The fourth-order valence-electron chi connectivity index (χ4n) is 6.94. The maximum absolute atomic E-state index is 12.0. The number of carbonyl (C=O) groups is 1. The van der Waals surface area contributed by atoms with Crippen LogP contribution in [-0.4, -0.2) is 12.6 Å². The molecule has 0 heterocycles. The zero-order valence-electron chi connectivity index (χ0n) is 32.3. The number of hydrogen-bond donors (Lipinski definition) is 0. The molecule has 0 aromatic rings. The summed E-state index contributed by atoms with van der Waals surface area (Å²) in [6, 6.07) is 0. The van der Waals surface area contributed by atoms with Gasteiger partial charge in [0.05, 0.1) is 6.61 Å². The maximum atomic E-state index is 12.0. The Kier molecular flexibility index (Phi) is 38.0. The van der Waals surface area contributed by atoms with E-state index >= 15 is 0 Å². The highest BCUT2D eigenvalue weighted by molar-refractivity contribution is 5.86. The van der Waals surface area contributed by atoms with Crippen molar-refractivity contribution in [2.24, 2.45) is 5.92 Å². The van der Waals surface area contributed by atoms with Crippen LogP contribution in [0.3, 0.4) is 0 Å². The summed E-state index contributed by atoms with van der Waals surface area (Å²) in [4.78, 5) is 12.0. The summed E-state index contributed by atoms with van der Waals surface area (Å²) < 4.78 is 5.59. The number of carbonyl (C=O) groups excluding carboxylic acids is 1. The van der Waals surface area contributed by atoms with Gasteiger partial charge in [0.15, 0.2) is 0 Å². The molecule has 0 amide bonds. The number of esters is 1. The van der Waals surface area contributed by atoms with Gasteiger partial charge in [-0.1, -0.05) is 239 Å². The molecule has 0 spiro atoms. The summed E-state index contributed by atoms with van der Waals surface area (Å²) in [6.45, 7) is 10.7. The van der Waals surface area contributed by atoms with Crippen LogP contribution < -0.4 is 0 Å². The van der Waals surface area contributed by atoms with Crippen molar-refractivity contribution in [1.82, 2.24) is 0 Å². The van der Waals surface area contributed by atoms with Gasteiger partial charge in [0.25, 0.3) is 0 Å². The molecule has 0 saturated carbocycles. The Hall–Kier alpha value is -0.790. The second kappa shape index (κ2) is 38.7. The minimum Gasteiger partial charge on any atom is -0.462 e. The van der Waals surface area contributed by atoms with Crippen molar-refractivity contribution >= 4 is 5.97 Å². The summed E-state index contributed by atoms with van der Waals surface area (Å²) in [6.07, 6.45) is 50.6. The second-order valence-corrected chi connectivity index (χ2v) is 15.1. The highest BCUT2D eigenvalue weighted by atomic mass is 16.5. The lowest BCUT2D eigenvalue weighted by molar-refractivity contribution is -0.140. The molecular weight excluding hydrogens is 560 g/mol. The van der Waals surface area contributed by atoms with Crippen LogP contribution in [0.2, 0.25) is 0 Å². The van der Waals surface area contributed by atoms with E-state index in [2.05, 4.69) is 20.4 Å². The predicted molar refractivity (Wildman–Crippen MR) is 207 cm³/mol. The lowest BCUT2D eigenvalue weighted by Gasteiger charge is -2.17. The molecule has 0 aliphatic carbocycles. The van der Waals surface area contributed by atoms with Crippen LogP contribution in [-0.2, 0) is 9.53 Å². The van der Waals surface area contributed by atoms with E-state index in [4.69, 9.17) is 4.74 Å². The van der Waals surface area contributed by atoms with E-state index in [0.717, 1.165) is 0 Å². The highest BCUT2D eigenvalue weighted by Gasteiger charge is 2.12. The van der Waals surface area contributed by atoms with Gasteiger partial charge in [-0.15, -0.1) is 0 Å². The van der Waals surface area contributed by atoms with E-state index in [9.17, 15) is 4.79 Å². The third-order valence-corrected chi connectivity index (χ3v) is 10.2. The van der Waals surface area contributed by atoms with Gasteiger partial charge in [-0.3, -0.25) is 0 Å². The number of ether oxygens (including phenoxy) is 1. The monoisotopic (exact) mass is 647 g/mol. The van der Waals surface area contributed by atoms with Gasteiger partial charge in [0.2, 0.25) is 0 Å². The van der Waals surface area contributed by atoms with E-state index in [1.807, 2.05) is 0 Å². The minimum absolute atomic E-state index is 0.213. The van der Waals surface area contributed by atoms with Gasteiger partial charge >= 0.3 is 5.97 Å². The van der Waals surface area contributed by atoms with Crippen LogP contribution in [0.1, 0.15) is 252 Å². The SMILES string of the molecule is C=C(C)C(=O)OCC(CCCCCCCCCCCCCCCC)CCCCCCCCCCCCCCCCCCCCCC. The molecular formula is C44H86O2. The standard InChI is InChI=1S/C44H86O2/c1-5-7-9-11-13-15-17-19-21-22-23-24-25-26-28-30-32-34-36-38-40-43(41-46-44(45)42(3)4)39-37-35-33-31-29-27-20-18-16-14-12-10-8-6-2/h43H,3,5-41H2,1-2,4H3. The smallest absolute Gasteiger partial charge is 0.333 e. The average molecular weight is 647 g/mol. The maximum Gasteiger partial charge on any atom is 0.333 e. The quantitative estimate of drug-likeness (QED) is 0.0377. The van der Waals surface area contributed by atoms with Gasteiger partial charge < -0.3 is 4.74 Å². The van der Waals surface area contributed by atoms with Crippen molar-refractivity contribution in [2.75, 3.05) is 6.61 Å². The van der Waals surface area contributed by atoms with Crippen LogP contribution in [0.5, 0.6) is 0 Å². The number of rotatable bonds is 39. The van der Waals surface area contributed by atoms with Crippen LogP contribution in [0, 0.1) is 5.92 Å². The topological polar surface area (TPSA) is 26.3 Å². The van der Waals surface area contributed by atoms with Gasteiger partial charge in [0, 0.05) is 5.57 Å². The Labute approximate surface area is 291 Å². The van der Waals surface area contributed by atoms with Crippen LogP contribution in [0.15, 0.2) is 12.2 Å². The zero-order chi connectivity index (χ0) is 33.6. The molecule has 0 saturated heterocycles. The predicted octanol–water partition coefficient (Wildman–Crippen LogP) is 15.8. The van der Waals surface area contributed by atoms with Gasteiger partial charge in [-0.2, -0.15) is 0 Å². The first-order valence-corrected chi connectivity index (χ1v) is 21.4. The van der Waals surface area contributed by atoms with Gasteiger partial charge in [-0.05, 0) is 25.7 Å². The molecule has 0 bridgehead atoms. The Morgan fingerprint density at radius 1 is 0.413 bits per heavy atom. The Bertz CT molecular complexity index is 611.